The van der Waals surface area contributed by atoms with Crippen LogP contribution in [0.1, 0.15) is 22.9 Å². The van der Waals surface area contributed by atoms with Gasteiger partial charge in [0.25, 0.3) is 0 Å². The van der Waals surface area contributed by atoms with E-state index in [-0.39, 0.29) is 0 Å². The van der Waals surface area contributed by atoms with Crippen LogP contribution in [-0.4, -0.2) is 20.7 Å². The highest BCUT2D eigenvalue weighted by molar-refractivity contribution is 6.31. The van der Waals surface area contributed by atoms with Gasteiger partial charge >= 0.3 is 6.09 Å². The summed E-state index contributed by atoms with van der Waals surface area (Å²) in [6, 6.07) is 17.5. The van der Waals surface area contributed by atoms with Crippen molar-refractivity contribution in [3.05, 3.63) is 94.9 Å². The van der Waals surface area contributed by atoms with Crippen molar-refractivity contribution in [2.75, 3.05) is 0 Å². The number of hydrogen-bond acceptors (Lipinski definition) is 4. The van der Waals surface area contributed by atoms with Gasteiger partial charge in [0.05, 0.1) is 11.9 Å². The number of halogens is 1. The van der Waals surface area contributed by atoms with Gasteiger partial charge < -0.3 is 10.1 Å². The Morgan fingerprint density at radius 3 is 2.71 bits per heavy atom. The first-order chi connectivity index (χ1) is 13.6. The van der Waals surface area contributed by atoms with Crippen molar-refractivity contribution in [2.45, 2.75) is 13.0 Å². The molecule has 0 radical (unpaired) electrons. The molecule has 2 aromatic heterocycles. The number of rotatable bonds is 4. The fourth-order valence-corrected chi connectivity index (χ4v) is 3.42. The van der Waals surface area contributed by atoms with E-state index in [9.17, 15) is 4.79 Å². The number of nitrogens with zero attached hydrogens (tertiary/aromatic N) is 3. The minimum Gasteiger partial charge on any atom is -0.410 e. The Labute approximate surface area is 166 Å². The predicted octanol–water partition coefficient (Wildman–Crippen LogP) is 4.57. The fourth-order valence-electron chi connectivity index (χ4n) is 3.09. The van der Waals surface area contributed by atoms with Gasteiger partial charge in [0.2, 0.25) is 0 Å². The Kier molecular flexibility index (Phi) is 4.95. The van der Waals surface area contributed by atoms with Crippen LogP contribution >= 0.6 is 11.6 Å². The lowest BCUT2D eigenvalue weighted by molar-refractivity contribution is 0.197. The second-order valence-electron chi connectivity index (χ2n) is 6.23. The molecule has 1 unspecified atom stereocenters. The first-order valence-electron chi connectivity index (χ1n) is 8.70. The molecule has 0 spiro atoms. The summed E-state index contributed by atoms with van der Waals surface area (Å²) >= 11 is 6.49. The maximum Gasteiger partial charge on any atom is 0.413 e. The van der Waals surface area contributed by atoms with Crippen LogP contribution in [0.15, 0.2) is 73.1 Å². The summed E-state index contributed by atoms with van der Waals surface area (Å²) in [7, 11) is 0. The van der Waals surface area contributed by atoms with Crippen LogP contribution in [0, 0.1) is 6.92 Å². The molecule has 4 rings (SSSR count). The molecule has 0 saturated heterocycles. The van der Waals surface area contributed by atoms with E-state index in [0.29, 0.717) is 22.1 Å². The monoisotopic (exact) mass is 392 g/mol. The molecule has 0 aliphatic rings. The highest BCUT2D eigenvalue weighted by Crippen LogP contribution is 2.31. The largest absolute Gasteiger partial charge is 0.413 e. The van der Waals surface area contributed by atoms with Gasteiger partial charge in [0.15, 0.2) is 5.65 Å². The van der Waals surface area contributed by atoms with E-state index in [2.05, 4.69) is 15.4 Å². The molecule has 1 atom stereocenters. The number of aromatic nitrogens is 3. The molecule has 0 bridgehead atoms. The van der Waals surface area contributed by atoms with Crippen LogP contribution in [0.25, 0.3) is 5.65 Å². The van der Waals surface area contributed by atoms with Crippen molar-refractivity contribution in [2.24, 2.45) is 0 Å². The number of nitrogens with one attached hydrogen (secondary N) is 1. The van der Waals surface area contributed by atoms with Gasteiger partial charge in [-0.3, -0.25) is 0 Å². The van der Waals surface area contributed by atoms with Crippen molar-refractivity contribution in [3.63, 3.8) is 0 Å². The van der Waals surface area contributed by atoms with Gasteiger partial charge in [-0.25, -0.2) is 14.3 Å². The summed E-state index contributed by atoms with van der Waals surface area (Å²) in [5, 5.41) is 7.81. The first kappa shape index (κ1) is 18.0. The van der Waals surface area contributed by atoms with Crippen LogP contribution in [-0.2, 0) is 0 Å². The lowest BCUT2D eigenvalue weighted by atomic mass is 9.99. The van der Waals surface area contributed by atoms with Crippen LogP contribution in [0.4, 0.5) is 4.79 Å². The van der Waals surface area contributed by atoms with Crippen LogP contribution in [0.5, 0.6) is 5.75 Å². The summed E-state index contributed by atoms with van der Waals surface area (Å²) in [6.07, 6.45) is 2.75. The fraction of sp³-hybridized carbons (Fsp3) is 0.0952. The third kappa shape index (κ3) is 3.54. The van der Waals surface area contributed by atoms with Gasteiger partial charge in [0, 0.05) is 16.8 Å². The van der Waals surface area contributed by atoms with Crippen LogP contribution in [0.2, 0.25) is 5.02 Å². The molecule has 2 heterocycles. The van der Waals surface area contributed by atoms with E-state index in [1.807, 2.05) is 31.2 Å². The zero-order valence-corrected chi connectivity index (χ0v) is 15.8. The zero-order chi connectivity index (χ0) is 19.5. The Hall–Kier alpha value is -3.38. The second kappa shape index (κ2) is 7.70. The second-order valence-corrected chi connectivity index (χ2v) is 6.63. The van der Waals surface area contributed by atoms with Crippen molar-refractivity contribution < 1.29 is 9.53 Å². The van der Waals surface area contributed by atoms with Gasteiger partial charge in [-0.2, -0.15) is 5.10 Å². The number of ether oxygens (including phenoxy) is 1. The number of aryl methyl sites for hydroxylation is 1. The molecule has 140 valence electrons. The molecule has 6 nitrogen and oxygen atoms in total. The number of imidazole rings is 1. The average molecular weight is 393 g/mol. The standard InChI is InChI=1S/C21H17ClN4O2/c1-14-7-5-10-16(22)19(14)20(17-13-23-18-11-6-12-24-26(17)18)25-21(27)28-15-8-3-2-4-9-15/h2-13,20H,1H3,(H,25,27). The Bertz CT molecular complexity index is 1110. The zero-order valence-electron chi connectivity index (χ0n) is 15.0. The molecular formula is C21H17ClN4O2. The van der Waals surface area contributed by atoms with E-state index >= 15 is 0 Å². The van der Waals surface area contributed by atoms with Crippen molar-refractivity contribution in [1.29, 1.82) is 0 Å². The van der Waals surface area contributed by atoms with E-state index in [0.717, 1.165) is 11.1 Å². The van der Waals surface area contributed by atoms with E-state index < -0.39 is 12.1 Å². The molecule has 1 amide bonds. The molecule has 0 aliphatic heterocycles. The van der Waals surface area contributed by atoms with Gasteiger partial charge in [-0.05, 0) is 42.8 Å². The molecule has 28 heavy (non-hydrogen) atoms. The van der Waals surface area contributed by atoms with Gasteiger partial charge in [-0.1, -0.05) is 41.9 Å². The molecule has 1 N–H and O–H groups in total. The van der Waals surface area contributed by atoms with Gasteiger partial charge in [0.1, 0.15) is 11.8 Å². The lowest BCUT2D eigenvalue weighted by Crippen LogP contribution is -2.33. The predicted molar refractivity (Wildman–Crippen MR) is 107 cm³/mol. The quantitative estimate of drug-likeness (QED) is 0.552. The minimum absolute atomic E-state index is 0.450. The summed E-state index contributed by atoms with van der Waals surface area (Å²) in [5.41, 5.74) is 3.05. The number of benzene rings is 2. The molecule has 4 aromatic rings. The Balaban J connectivity index is 1.75. The van der Waals surface area contributed by atoms with E-state index in [4.69, 9.17) is 16.3 Å². The molecule has 0 saturated carbocycles. The summed E-state index contributed by atoms with van der Waals surface area (Å²) in [5.74, 6) is 0.450. The third-order valence-corrected chi connectivity index (χ3v) is 4.71. The normalized spacial score (nSPS) is 11.9. The van der Waals surface area contributed by atoms with E-state index in [1.165, 1.54) is 0 Å². The number of amides is 1. The van der Waals surface area contributed by atoms with Crippen molar-refractivity contribution in [3.8, 4) is 5.75 Å². The lowest BCUT2D eigenvalue weighted by Gasteiger charge is -2.21. The number of hydrogen-bond donors (Lipinski definition) is 1. The van der Waals surface area contributed by atoms with Crippen molar-refractivity contribution >= 4 is 23.3 Å². The number of carbonyl (C=O) groups is 1. The van der Waals surface area contributed by atoms with E-state index in [1.54, 1.807) is 53.3 Å². The van der Waals surface area contributed by atoms with Crippen LogP contribution < -0.4 is 10.1 Å². The molecule has 7 heteroatoms. The third-order valence-electron chi connectivity index (χ3n) is 4.38. The van der Waals surface area contributed by atoms with Gasteiger partial charge in [-0.15, -0.1) is 0 Å². The number of carbonyl (C=O) groups excluding carboxylic acids is 1. The highest BCUT2D eigenvalue weighted by atomic mass is 35.5. The topological polar surface area (TPSA) is 68.5 Å². The minimum atomic E-state index is -0.596. The Morgan fingerprint density at radius 2 is 1.93 bits per heavy atom. The average Bonchev–Trinajstić information content (AvgIpc) is 3.12. The smallest absolute Gasteiger partial charge is 0.410 e. The maximum atomic E-state index is 12.6. The first-order valence-corrected chi connectivity index (χ1v) is 9.08. The maximum absolute atomic E-state index is 12.6. The number of para-hydroxylation sites is 1. The highest BCUT2D eigenvalue weighted by Gasteiger charge is 2.25. The summed E-state index contributed by atoms with van der Waals surface area (Å²) in [4.78, 5) is 17.0. The summed E-state index contributed by atoms with van der Waals surface area (Å²) < 4.78 is 7.09. The Morgan fingerprint density at radius 1 is 1.11 bits per heavy atom. The molecule has 2 aromatic carbocycles. The van der Waals surface area contributed by atoms with Crippen molar-refractivity contribution in [1.82, 2.24) is 19.9 Å². The SMILES string of the molecule is Cc1cccc(Cl)c1C(NC(=O)Oc1ccccc1)c1cnc2cccnn12. The van der Waals surface area contributed by atoms with Crippen LogP contribution in [0.3, 0.4) is 0 Å². The molecular weight excluding hydrogens is 376 g/mol. The molecule has 0 aliphatic carbocycles. The molecule has 0 fully saturated rings. The summed E-state index contributed by atoms with van der Waals surface area (Å²) in [6.45, 7) is 1.94. The number of fused-ring (bicyclic) bond motifs is 1.